The van der Waals surface area contributed by atoms with Crippen LogP contribution in [0.2, 0.25) is 0 Å². The van der Waals surface area contributed by atoms with Crippen molar-refractivity contribution in [1.29, 1.82) is 0 Å². The minimum atomic E-state index is 0.00633. The zero-order valence-electron chi connectivity index (χ0n) is 17.3. The van der Waals surface area contributed by atoms with Crippen LogP contribution in [-0.4, -0.2) is 45.6 Å². The molecule has 1 aliphatic carbocycles. The summed E-state index contributed by atoms with van der Waals surface area (Å²) in [5.74, 6) is 0.00633. The van der Waals surface area contributed by atoms with Gasteiger partial charge in [0.05, 0.1) is 0 Å². The Bertz CT molecular complexity index is 964. The fraction of sp³-hybridized carbons (Fsp3) is 0.391. The van der Waals surface area contributed by atoms with Gasteiger partial charge in [-0.2, -0.15) is 16.4 Å². The summed E-state index contributed by atoms with van der Waals surface area (Å²) in [6.07, 6.45) is 2.94. The Kier molecular flexibility index (Phi) is 5.83. The molecule has 0 N–H and O–H groups in total. The van der Waals surface area contributed by atoms with Crippen molar-refractivity contribution in [3.05, 3.63) is 75.2 Å². The average Bonchev–Trinajstić information content (AvgIpc) is 3.35. The van der Waals surface area contributed by atoms with Crippen LogP contribution in [0.3, 0.4) is 0 Å². The molecule has 0 fully saturated rings. The van der Waals surface area contributed by atoms with E-state index in [1.165, 1.54) is 11.3 Å². The number of amides is 1. The number of carbonyl (C=O) groups is 1. The Labute approximate surface area is 176 Å². The maximum atomic E-state index is 13.2. The van der Waals surface area contributed by atoms with Crippen LogP contribution in [0.25, 0.3) is 0 Å². The number of aryl methyl sites for hydroxylation is 1. The molecule has 29 heavy (non-hydrogen) atoms. The summed E-state index contributed by atoms with van der Waals surface area (Å²) in [5, 5.41) is 8.97. The molecule has 0 unspecified atom stereocenters. The minimum absolute atomic E-state index is 0.00633. The lowest BCUT2D eigenvalue weighted by Crippen LogP contribution is -2.37. The molecule has 2 heterocycles. The summed E-state index contributed by atoms with van der Waals surface area (Å²) < 4.78 is 1.91. The van der Waals surface area contributed by atoms with E-state index >= 15 is 0 Å². The summed E-state index contributed by atoms with van der Waals surface area (Å²) in [6, 6.07) is 12.7. The predicted molar refractivity (Wildman–Crippen MR) is 117 cm³/mol. The number of fused-ring (bicyclic) bond motifs is 1. The van der Waals surface area contributed by atoms with E-state index in [2.05, 4.69) is 33.9 Å². The minimum Gasteiger partial charge on any atom is -0.336 e. The molecule has 5 nitrogen and oxygen atoms in total. The molecular formula is C23H28N4OS. The van der Waals surface area contributed by atoms with Crippen molar-refractivity contribution in [3.8, 4) is 0 Å². The first-order chi connectivity index (χ1) is 14.0. The fourth-order valence-electron chi connectivity index (χ4n) is 4.23. The average molecular weight is 409 g/mol. The number of aromatic nitrogens is 2. The Hall–Kier alpha value is -2.44. The lowest BCUT2D eigenvalue weighted by atomic mass is 9.90. The first-order valence-electron chi connectivity index (χ1n) is 10.1. The highest BCUT2D eigenvalue weighted by molar-refractivity contribution is 7.07. The second-order valence-corrected chi connectivity index (χ2v) is 8.77. The van der Waals surface area contributed by atoms with Gasteiger partial charge in [0, 0.05) is 44.5 Å². The number of nitrogens with zero attached hydrogens (tertiary/aromatic N) is 4. The summed E-state index contributed by atoms with van der Waals surface area (Å²) in [7, 11) is 6.01. The van der Waals surface area contributed by atoms with Crippen LogP contribution in [0.1, 0.15) is 39.3 Å². The molecule has 1 amide bonds. The van der Waals surface area contributed by atoms with Crippen molar-refractivity contribution in [2.75, 3.05) is 14.1 Å². The van der Waals surface area contributed by atoms with Gasteiger partial charge in [-0.3, -0.25) is 14.4 Å². The van der Waals surface area contributed by atoms with Crippen molar-refractivity contribution in [1.82, 2.24) is 19.6 Å². The number of rotatable bonds is 6. The maximum absolute atomic E-state index is 13.2. The Morgan fingerprint density at radius 3 is 2.69 bits per heavy atom. The van der Waals surface area contributed by atoms with E-state index in [-0.39, 0.29) is 5.91 Å². The molecule has 6 heteroatoms. The van der Waals surface area contributed by atoms with E-state index in [4.69, 9.17) is 0 Å². The summed E-state index contributed by atoms with van der Waals surface area (Å²) in [4.78, 5) is 17.4. The number of hydrogen-bond donors (Lipinski definition) is 0. The van der Waals surface area contributed by atoms with Crippen LogP contribution in [0.15, 0.2) is 47.2 Å². The molecule has 2 aromatic heterocycles. The van der Waals surface area contributed by atoms with Crippen LogP contribution >= 0.6 is 11.3 Å². The highest BCUT2D eigenvalue weighted by atomic mass is 32.1. The van der Waals surface area contributed by atoms with Gasteiger partial charge in [0.2, 0.25) is 0 Å². The van der Waals surface area contributed by atoms with Gasteiger partial charge >= 0.3 is 0 Å². The zero-order chi connectivity index (χ0) is 20.4. The van der Waals surface area contributed by atoms with Crippen LogP contribution in [0.4, 0.5) is 0 Å². The molecule has 1 aromatic carbocycles. The molecule has 0 saturated heterocycles. The molecule has 0 spiro atoms. The standard InChI is InChI=1S/C23H28N4OS/c1-25(15-18-11-12-29-16-18)19-9-10-21-20(13-19)22(24-27(21)3)23(28)26(2)14-17-7-5-4-6-8-17/h4-8,11-12,16,19H,9-10,13-15H2,1-3H3/t19-/m1/s1. The second-order valence-electron chi connectivity index (χ2n) is 7.99. The number of hydrogen-bond acceptors (Lipinski definition) is 4. The third-order valence-electron chi connectivity index (χ3n) is 5.88. The van der Waals surface area contributed by atoms with Crippen LogP contribution < -0.4 is 0 Å². The lowest BCUT2D eigenvalue weighted by molar-refractivity contribution is 0.0776. The van der Waals surface area contributed by atoms with Crippen molar-refractivity contribution >= 4 is 17.2 Å². The molecule has 3 aromatic rings. The van der Waals surface area contributed by atoms with Crippen LogP contribution in [0.5, 0.6) is 0 Å². The molecule has 0 saturated carbocycles. The van der Waals surface area contributed by atoms with Gasteiger partial charge < -0.3 is 4.90 Å². The van der Waals surface area contributed by atoms with E-state index in [9.17, 15) is 4.79 Å². The van der Waals surface area contributed by atoms with Crippen LogP contribution in [-0.2, 0) is 33.0 Å². The Morgan fingerprint density at radius 2 is 1.97 bits per heavy atom. The van der Waals surface area contributed by atoms with Gasteiger partial charge in [-0.05, 0) is 54.3 Å². The molecule has 4 rings (SSSR count). The third-order valence-corrected chi connectivity index (χ3v) is 6.61. The summed E-state index contributed by atoms with van der Waals surface area (Å²) >= 11 is 1.74. The van der Waals surface area contributed by atoms with Crippen molar-refractivity contribution in [2.24, 2.45) is 7.05 Å². The van der Waals surface area contributed by atoms with Gasteiger partial charge in [-0.1, -0.05) is 30.3 Å². The van der Waals surface area contributed by atoms with Crippen molar-refractivity contribution < 1.29 is 4.79 Å². The second kappa shape index (κ2) is 8.51. The topological polar surface area (TPSA) is 41.4 Å². The SMILES string of the molecule is CN(Cc1ccccc1)C(=O)c1nn(C)c2c1C[C@H](N(C)Cc1ccsc1)CC2. The number of thiophene rings is 1. The quantitative estimate of drug-likeness (QED) is 0.624. The van der Waals surface area contributed by atoms with Gasteiger partial charge in [-0.25, -0.2) is 0 Å². The Morgan fingerprint density at radius 1 is 1.17 bits per heavy atom. The fourth-order valence-corrected chi connectivity index (χ4v) is 4.89. The molecule has 1 atom stereocenters. The van der Waals surface area contributed by atoms with E-state index in [1.807, 2.05) is 49.1 Å². The molecule has 152 valence electrons. The highest BCUT2D eigenvalue weighted by Crippen LogP contribution is 2.28. The van der Waals surface area contributed by atoms with Gasteiger partial charge in [-0.15, -0.1) is 0 Å². The van der Waals surface area contributed by atoms with E-state index in [1.54, 1.807) is 16.2 Å². The smallest absolute Gasteiger partial charge is 0.274 e. The van der Waals surface area contributed by atoms with E-state index < -0.39 is 0 Å². The van der Waals surface area contributed by atoms with Crippen LogP contribution in [0, 0.1) is 0 Å². The van der Waals surface area contributed by atoms with E-state index in [0.717, 1.165) is 36.9 Å². The molecule has 0 bridgehead atoms. The Balaban J connectivity index is 1.51. The van der Waals surface area contributed by atoms with Gasteiger partial charge in [0.25, 0.3) is 5.91 Å². The molecule has 0 radical (unpaired) electrons. The van der Waals surface area contributed by atoms with Crippen molar-refractivity contribution in [2.45, 2.75) is 38.4 Å². The highest BCUT2D eigenvalue weighted by Gasteiger charge is 2.31. The van der Waals surface area contributed by atoms with Gasteiger partial charge in [0.1, 0.15) is 0 Å². The lowest BCUT2D eigenvalue weighted by Gasteiger charge is -2.31. The van der Waals surface area contributed by atoms with Crippen molar-refractivity contribution in [3.63, 3.8) is 0 Å². The maximum Gasteiger partial charge on any atom is 0.274 e. The zero-order valence-corrected chi connectivity index (χ0v) is 18.2. The number of benzene rings is 1. The van der Waals surface area contributed by atoms with Gasteiger partial charge in [0.15, 0.2) is 5.69 Å². The largest absolute Gasteiger partial charge is 0.336 e. The molecular weight excluding hydrogens is 380 g/mol. The molecule has 0 aliphatic heterocycles. The third kappa shape index (κ3) is 4.28. The number of likely N-dealkylation sites (N-methyl/N-ethyl adjacent to an activating group) is 1. The monoisotopic (exact) mass is 408 g/mol. The first kappa shape index (κ1) is 19.9. The first-order valence-corrected chi connectivity index (χ1v) is 11.0. The van der Waals surface area contributed by atoms with E-state index in [0.29, 0.717) is 18.3 Å². The summed E-state index contributed by atoms with van der Waals surface area (Å²) in [5.41, 5.74) is 5.44. The predicted octanol–water partition coefficient (Wildman–Crippen LogP) is 3.74. The summed E-state index contributed by atoms with van der Waals surface area (Å²) in [6.45, 7) is 1.54. The molecule has 1 aliphatic rings. The number of carbonyl (C=O) groups excluding carboxylic acids is 1. The normalized spacial score (nSPS) is 16.1.